The number of nitrogens with one attached hydrogen (secondary N) is 2. The van der Waals surface area contributed by atoms with Gasteiger partial charge in [0.15, 0.2) is 0 Å². The number of primary amides is 1. The van der Waals surface area contributed by atoms with E-state index in [9.17, 15) is 13.2 Å². The van der Waals surface area contributed by atoms with Gasteiger partial charge in [-0.25, -0.2) is 0 Å². The van der Waals surface area contributed by atoms with Crippen molar-refractivity contribution in [2.24, 2.45) is 5.73 Å². The molecule has 0 aromatic rings. The molecule has 7 nitrogen and oxygen atoms in total. The van der Waals surface area contributed by atoms with Gasteiger partial charge in [-0.2, -0.15) is 17.9 Å². The third kappa shape index (κ3) is 7.25. The molecule has 0 aliphatic rings. The summed E-state index contributed by atoms with van der Waals surface area (Å²) in [4.78, 5) is 10.4. The largest absolute Gasteiger partial charge is 0.382 e. The van der Waals surface area contributed by atoms with Crippen LogP contribution in [0.4, 0.5) is 0 Å². The van der Waals surface area contributed by atoms with E-state index in [0.29, 0.717) is 0 Å². The zero-order valence-electron chi connectivity index (χ0n) is 8.94. The van der Waals surface area contributed by atoms with Gasteiger partial charge in [-0.15, -0.1) is 0 Å². The van der Waals surface area contributed by atoms with Gasteiger partial charge >= 0.3 is 0 Å². The summed E-state index contributed by atoms with van der Waals surface area (Å²) in [6, 6.07) is 0. The average Bonchev–Trinajstić information content (AvgIpc) is 1.95. The molecule has 90 valence electrons. The first-order valence-corrected chi connectivity index (χ1v) is 5.78. The van der Waals surface area contributed by atoms with Crippen molar-refractivity contribution in [1.29, 1.82) is 0 Å². The highest BCUT2D eigenvalue weighted by atomic mass is 32.2. The maximum absolute atomic E-state index is 11.3. The summed E-state index contributed by atoms with van der Waals surface area (Å²) in [5.41, 5.74) is 4.11. The molecule has 0 heterocycles. The predicted molar refractivity (Wildman–Crippen MR) is 55.0 cm³/mol. The molecule has 5 N–H and O–H groups in total. The normalized spacial score (nSPS) is 14.9. The third-order valence-corrected chi connectivity index (χ3v) is 2.66. The van der Waals surface area contributed by atoms with E-state index >= 15 is 0 Å². The molecule has 0 radical (unpaired) electrons. The molecule has 15 heavy (non-hydrogen) atoms. The van der Waals surface area contributed by atoms with E-state index in [1.807, 2.05) is 4.72 Å². The van der Waals surface area contributed by atoms with Crippen molar-refractivity contribution < 1.29 is 18.3 Å². The van der Waals surface area contributed by atoms with Crippen molar-refractivity contribution in [1.82, 2.24) is 9.44 Å². The van der Waals surface area contributed by atoms with Crippen LogP contribution in [-0.4, -0.2) is 37.6 Å². The van der Waals surface area contributed by atoms with Crippen LogP contribution in [0.25, 0.3) is 0 Å². The summed E-state index contributed by atoms with van der Waals surface area (Å²) in [6.07, 6.45) is -1.53. The lowest BCUT2D eigenvalue weighted by atomic mass is 10.1. The molecule has 1 unspecified atom stereocenters. The quantitative estimate of drug-likeness (QED) is 0.445. The summed E-state index contributed by atoms with van der Waals surface area (Å²) >= 11 is 0. The van der Waals surface area contributed by atoms with E-state index in [2.05, 4.69) is 4.72 Å². The fourth-order valence-corrected chi connectivity index (χ4v) is 1.98. The van der Waals surface area contributed by atoms with Crippen LogP contribution in [0.3, 0.4) is 0 Å². The van der Waals surface area contributed by atoms with Crippen molar-refractivity contribution in [2.75, 3.05) is 6.54 Å². The van der Waals surface area contributed by atoms with Crippen LogP contribution in [0.1, 0.15) is 20.8 Å². The standard InChI is InChI=1S/C7H17N3O4S/c1-7(2,3)10-15(13,14)9-4-5(11)6(8)12/h5,9-11H,4H2,1-3H3,(H2,8,12). The Kier molecular flexibility index (Phi) is 4.65. The Hall–Kier alpha value is -0.700. The fraction of sp³-hybridized carbons (Fsp3) is 0.857. The highest BCUT2D eigenvalue weighted by molar-refractivity contribution is 7.87. The number of hydrogen-bond donors (Lipinski definition) is 4. The molecule has 0 saturated heterocycles. The number of aliphatic hydroxyl groups is 1. The molecule has 0 saturated carbocycles. The first-order chi connectivity index (χ1) is 6.53. The van der Waals surface area contributed by atoms with E-state index < -0.39 is 34.3 Å². The van der Waals surface area contributed by atoms with Gasteiger partial charge in [0.25, 0.3) is 10.2 Å². The van der Waals surface area contributed by atoms with E-state index in [1.54, 1.807) is 20.8 Å². The zero-order valence-corrected chi connectivity index (χ0v) is 9.76. The summed E-state index contributed by atoms with van der Waals surface area (Å²) in [5, 5.41) is 8.96. The van der Waals surface area contributed by atoms with Crippen molar-refractivity contribution in [2.45, 2.75) is 32.4 Å². The van der Waals surface area contributed by atoms with Gasteiger partial charge in [-0.1, -0.05) is 0 Å². The Balaban J connectivity index is 4.24. The van der Waals surface area contributed by atoms with E-state index in [-0.39, 0.29) is 0 Å². The average molecular weight is 239 g/mol. The minimum Gasteiger partial charge on any atom is -0.382 e. The molecular weight excluding hydrogens is 222 g/mol. The number of aliphatic hydroxyl groups excluding tert-OH is 1. The van der Waals surface area contributed by atoms with Gasteiger partial charge in [0.05, 0.1) is 0 Å². The molecule has 0 fully saturated rings. The fourth-order valence-electron chi connectivity index (χ4n) is 0.728. The number of hydrogen-bond acceptors (Lipinski definition) is 4. The van der Waals surface area contributed by atoms with Crippen LogP contribution in [0.15, 0.2) is 0 Å². The van der Waals surface area contributed by atoms with E-state index in [1.165, 1.54) is 0 Å². The van der Waals surface area contributed by atoms with Crippen molar-refractivity contribution >= 4 is 16.1 Å². The number of carbonyl (C=O) groups excluding carboxylic acids is 1. The summed E-state index contributed by atoms with van der Waals surface area (Å²) in [5.74, 6) is -0.978. The molecule has 0 aliphatic heterocycles. The maximum atomic E-state index is 11.3. The van der Waals surface area contributed by atoms with E-state index in [4.69, 9.17) is 10.8 Å². The highest BCUT2D eigenvalue weighted by Gasteiger charge is 2.21. The van der Waals surface area contributed by atoms with Crippen LogP contribution in [0.5, 0.6) is 0 Å². The molecule has 1 atom stereocenters. The molecule has 0 aliphatic carbocycles. The molecule has 8 heteroatoms. The minimum absolute atomic E-state index is 0.444. The van der Waals surface area contributed by atoms with Gasteiger partial charge in [0, 0.05) is 12.1 Å². The smallest absolute Gasteiger partial charge is 0.277 e. The third-order valence-electron chi connectivity index (χ3n) is 1.24. The Bertz CT molecular complexity index is 320. The van der Waals surface area contributed by atoms with Crippen LogP contribution in [0.2, 0.25) is 0 Å². The van der Waals surface area contributed by atoms with Gasteiger partial charge in [-0.3, -0.25) is 4.79 Å². The van der Waals surface area contributed by atoms with Gasteiger partial charge < -0.3 is 10.8 Å². The molecule has 0 aromatic carbocycles. The van der Waals surface area contributed by atoms with Crippen LogP contribution < -0.4 is 15.2 Å². The lowest BCUT2D eigenvalue weighted by Gasteiger charge is -2.20. The molecular formula is C7H17N3O4S. The molecule has 0 rings (SSSR count). The number of rotatable bonds is 5. The van der Waals surface area contributed by atoms with E-state index in [0.717, 1.165) is 0 Å². The van der Waals surface area contributed by atoms with Crippen molar-refractivity contribution in [3.05, 3.63) is 0 Å². The molecule has 0 spiro atoms. The van der Waals surface area contributed by atoms with Crippen molar-refractivity contribution in [3.8, 4) is 0 Å². The second kappa shape index (κ2) is 4.88. The van der Waals surface area contributed by atoms with Gasteiger partial charge in [0.2, 0.25) is 5.91 Å². The maximum Gasteiger partial charge on any atom is 0.277 e. The first-order valence-electron chi connectivity index (χ1n) is 4.29. The Morgan fingerprint density at radius 1 is 1.47 bits per heavy atom. The Morgan fingerprint density at radius 3 is 2.27 bits per heavy atom. The number of carbonyl (C=O) groups is 1. The van der Waals surface area contributed by atoms with Gasteiger partial charge in [0.1, 0.15) is 6.10 Å². The second-order valence-electron chi connectivity index (χ2n) is 4.12. The predicted octanol–water partition coefficient (Wildman–Crippen LogP) is -1.94. The van der Waals surface area contributed by atoms with Crippen LogP contribution in [-0.2, 0) is 15.0 Å². The van der Waals surface area contributed by atoms with Gasteiger partial charge in [-0.05, 0) is 20.8 Å². The molecule has 1 amide bonds. The SMILES string of the molecule is CC(C)(C)NS(=O)(=O)NCC(O)C(N)=O. The Morgan fingerprint density at radius 2 is 1.93 bits per heavy atom. The molecule has 0 aromatic heterocycles. The first kappa shape index (κ1) is 14.3. The summed E-state index contributed by atoms with van der Waals surface area (Å²) < 4.78 is 26.9. The second-order valence-corrected chi connectivity index (χ2v) is 5.62. The highest BCUT2D eigenvalue weighted by Crippen LogP contribution is 2.00. The lowest BCUT2D eigenvalue weighted by molar-refractivity contribution is -0.125. The van der Waals surface area contributed by atoms with Crippen LogP contribution >= 0.6 is 0 Å². The summed E-state index contributed by atoms with van der Waals surface area (Å²) in [6.45, 7) is 4.55. The summed E-state index contributed by atoms with van der Waals surface area (Å²) in [7, 11) is -3.74. The van der Waals surface area contributed by atoms with Crippen LogP contribution in [0, 0.1) is 0 Å². The topological polar surface area (TPSA) is 122 Å². The number of amides is 1. The minimum atomic E-state index is -3.74. The zero-order chi connectivity index (χ0) is 12.3. The monoisotopic (exact) mass is 239 g/mol. The molecule has 0 bridgehead atoms. The van der Waals surface area contributed by atoms with Crippen molar-refractivity contribution in [3.63, 3.8) is 0 Å². The lowest BCUT2D eigenvalue weighted by Crippen LogP contribution is -2.49. The Labute approximate surface area is 89.2 Å². The number of nitrogens with two attached hydrogens (primary N) is 1.